The largest absolute Gasteiger partial charge is 0.462 e. The van der Waals surface area contributed by atoms with Crippen molar-refractivity contribution < 1.29 is 14.3 Å². The number of esters is 1. The molecule has 1 saturated heterocycles. The van der Waals surface area contributed by atoms with Crippen molar-refractivity contribution in [2.45, 2.75) is 13.3 Å². The molecule has 4 N–H and O–H groups in total. The highest BCUT2D eigenvalue weighted by Gasteiger charge is 2.19. The quantitative estimate of drug-likeness (QED) is 0.624. The predicted molar refractivity (Wildman–Crippen MR) is 69.2 cm³/mol. The molecule has 5 nitrogen and oxygen atoms in total. The molecule has 0 amide bonds. The fourth-order valence-corrected chi connectivity index (χ4v) is 1.98. The summed E-state index contributed by atoms with van der Waals surface area (Å²) in [5.74, 6) is -0.132. The molecule has 1 heterocycles. The molecular formula is C13H18N2O3. The maximum absolute atomic E-state index is 11.9. The lowest BCUT2D eigenvalue weighted by molar-refractivity contribution is 0.0429. The third kappa shape index (κ3) is 2.73. The van der Waals surface area contributed by atoms with E-state index in [2.05, 4.69) is 0 Å². The van der Waals surface area contributed by atoms with Crippen molar-refractivity contribution >= 4 is 17.3 Å². The van der Waals surface area contributed by atoms with Crippen LogP contribution in [-0.4, -0.2) is 25.8 Å². The van der Waals surface area contributed by atoms with E-state index in [-0.39, 0.29) is 11.6 Å². The Morgan fingerprint density at radius 3 is 2.94 bits per heavy atom. The van der Waals surface area contributed by atoms with Gasteiger partial charge < -0.3 is 20.9 Å². The zero-order chi connectivity index (χ0) is 13.1. The van der Waals surface area contributed by atoms with Crippen LogP contribution < -0.4 is 11.5 Å². The summed E-state index contributed by atoms with van der Waals surface area (Å²) in [7, 11) is 0. The SMILES string of the molecule is Cc1cc(N)c(N)c(C(=O)OCC2CCOC2)c1. The summed E-state index contributed by atoms with van der Waals surface area (Å²) in [4.78, 5) is 11.9. The van der Waals surface area contributed by atoms with Crippen molar-refractivity contribution in [1.29, 1.82) is 0 Å². The first-order valence-corrected chi connectivity index (χ1v) is 5.98. The van der Waals surface area contributed by atoms with Gasteiger partial charge in [-0.05, 0) is 31.0 Å². The van der Waals surface area contributed by atoms with Crippen LogP contribution in [0, 0.1) is 12.8 Å². The molecule has 1 aliphatic heterocycles. The first-order chi connectivity index (χ1) is 8.58. The van der Waals surface area contributed by atoms with Gasteiger partial charge in [0.2, 0.25) is 0 Å². The van der Waals surface area contributed by atoms with Crippen LogP contribution in [-0.2, 0) is 9.47 Å². The van der Waals surface area contributed by atoms with Crippen molar-refractivity contribution in [3.63, 3.8) is 0 Å². The van der Waals surface area contributed by atoms with E-state index < -0.39 is 5.97 Å². The van der Waals surface area contributed by atoms with E-state index in [4.69, 9.17) is 20.9 Å². The molecule has 1 fully saturated rings. The van der Waals surface area contributed by atoms with Crippen LogP contribution in [0.15, 0.2) is 12.1 Å². The summed E-state index contributed by atoms with van der Waals surface area (Å²) >= 11 is 0. The number of anilines is 2. The molecule has 1 aromatic carbocycles. The van der Waals surface area contributed by atoms with Crippen molar-refractivity contribution in [1.82, 2.24) is 0 Å². The second kappa shape index (κ2) is 5.27. The molecular weight excluding hydrogens is 232 g/mol. The van der Waals surface area contributed by atoms with Crippen molar-refractivity contribution in [3.8, 4) is 0 Å². The van der Waals surface area contributed by atoms with Gasteiger partial charge in [-0.25, -0.2) is 4.79 Å². The molecule has 0 aromatic heterocycles. The van der Waals surface area contributed by atoms with Gasteiger partial charge in [0.25, 0.3) is 0 Å². The first-order valence-electron chi connectivity index (χ1n) is 5.98. The zero-order valence-electron chi connectivity index (χ0n) is 10.4. The van der Waals surface area contributed by atoms with Crippen LogP contribution in [0.3, 0.4) is 0 Å². The van der Waals surface area contributed by atoms with E-state index in [1.165, 1.54) is 0 Å². The maximum Gasteiger partial charge on any atom is 0.340 e. The average Bonchev–Trinajstić information content (AvgIpc) is 2.83. The second-order valence-electron chi connectivity index (χ2n) is 4.64. The molecule has 1 unspecified atom stereocenters. The highest BCUT2D eigenvalue weighted by Crippen LogP contribution is 2.23. The third-order valence-electron chi connectivity index (χ3n) is 3.05. The summed E-state index contributed by atoms with van der Waals surface area (Å²) in [6.07, 6.45) is 0.929. The minimum atomic E-state index is -0.421. The Kier molecular flexibility index (Phi) is 3.72. The number of carbonyl (C=O) groups is 1. The van der Waals surface area contributed by atoms with Gasteiger partial charge in [-0.15, -0.1) is 0 Å². The van der Waals surface area contributed by atoms with Crippen LogP contribution in [0.1, 0.15) is 22.3 Å². The van der Waals surface area contributed by atoms with Gasteiger partial charge in [0.15, 0.2) is 0 Å². The molecule has 1 aliphatic rings. The van der Waals surface area contributed by atoms with E-state index in [1.54, 1.807) is 12.1 Å². The molecule has 18 heavy (non-hydrogen) atoms. The molecule has 1 atom stereocenters. The van der Waals surface area contributed by atoms with Crippen molar-refractivity contribution in [2.75, 3.05) is 31.3 Å². The zero-order valence-corrected chi connectivity index (χ0v) is 10.4. The van der Waals surface area contributed by atoms with E-state index in [9.17, 15) is 4.79 Å². The summed E-state index contributed by atoms with van der Waals surface area (Å²) in [5.41, 5.74) is 13.4. The van der Waals surface area contributed by atoms with Gasteiger partial charge in [0.1, 0.15) is 0 Å². The monoisotopic (exact) mass is 250 g/mol. The minimum Gasteiger partial charge on any atom is -0.462 e. The lowest BCUT2D eigenvalue weighted by Crippen LogP contribution is -2.16. The van der Waals surface area contributed by atoms with Crippen LogP contribution in [0.4, 0.5) is 11.4 Å². The number of aryl methyl sites for hydroxylation is 1. The topological polar surface area (TPSA) is 87.6 Å². The van der Waals surface area contributed by atoms with Crippen molar-refractivity contribution in [2.24, 2.45) is 5.92 Å². The minimum absolute atomic E-state index is 0.285. The Morgan fingerprint density at radius 1 is 1.50 bits per heavy atom. The van der Waals surface area contributed by atoms with Gasteiger partial charge in [0, 0.05) is 12.5 Å². The number of carbonyl (C=O) groups excluding carboxylic acids is 1. The Hall–Kier alpha value is -1.75. The number of rotatable bonds is 3. The number of hydrogen-bond donors (Lipinski definition) is 2. The van der Waals surface area contributed by atoms with Gasteiger partial charge in [0.05, 0.1) is 30.2 Å². The Balaban J connectivity index is 2.04. The average molecular weight is 250 g/mol. The standard InChI is InChI=1S/C13H18N2O3/c1-8-4-10(12(15)11(14)5-8)13(16)18-7-9-2-3-17-6-9/h4-5,9H,2-3,6-7,14-15H2,1H3. The number of nitrogen functional groups attached to an aromatic ring is 2. The van der Waals surface area contributed by atoms with Crippen molar-refractivity contribution in [3.05, 3.63) is 23.3 Å². The number of nitrogens with two attached hydrogens (primary N) is 2. The molecule has 1 aromatic rings. The van der Waals surface area contributed by atoms with Crippen LogP contribution in [0.25, 0.3) is 0 Å². The van der Waals surface area contributed by atoms with Crippen LogP contribution >= 0.6 is 0 Å². The van der Waals surface area contributed by atoms with Gasteiger partial charge in [-0.1, -0.05) is 0 Å². The fourth-order valence-electron chi connectivity index (χ4n) is 1.98. The summed E-state index contributed by atoms with van der Waals surface area (Å²) in [6.45, 7) is 3.62. The van der Waals surface area contributed by atoms with Gasteiger partial charge in [-0.2, -0.15) is 0 Å². The van der Waals surface area contributed by atoms with E-state index in [0.29, 0.717) is 24.5 Å². The Morgan fingerprint density at radius 2 is 2.28 bits per heavy atom. The smallest absolute Gasteiger partial charge is 0.340 e. The third-order valence-corrected chi connectivity index (χ3v) is 3.05. The Bertz CT molecular complexity index is 454. The summed E-state index contributed by atoms with van der Waals surface area (Å²) in [5, 5.41) is 0. The molecule has 2 rings (SSSR count). The summed E-state index contributed by atoms with van der Waals surface area (Å²) < 4.78 is 10.5. The van der Waals surface area contributed by atoms with Crippen LogP contribution in [0.2, 0.25) is 0 Å². The lowest BCUT2D eigenvalue weighted by atomic mass is 10.1. The molecule has 98 valence electrons. The van der Waals surface area contributed by atoms with Gasteiger partial charge >= 0.3 is 5.97 Å². The first kappa shape index (κ1) is 12.7. The lowest BCUT2D eigenvalue weighted by Gasteiger charge is -2.12. The second-order valence-corrected chi connectivity index (χ2v) is 4.64. The number of ether oxygens (including phenoxy) is 2. The molecule has 5 heteroatoms. The molecule has 0 saturated carbocycles. The van der Waals surface area contributed by atoms with E-state index >= 15 is 0 Å². The molecule has 0 aliphatic carbocycles. The number of hydrogen-bond acceptors (Lipinski definition) is 5. The molecule has 0 spiro atoms. The normalized spacial score (nSPS) is 18.8. The maximum atomic E-state index is 11.9. The summed E-state index contributed by atoms with van der Waals surface area (Å²) in [6, 6.07) is 3.43. The molecule has 0 bridgehead atoms. The van der Waals surface area contributed by atoms with E-state index in [1.807, 2.05) is 6.92 Å². The molecule has 0 radical (unpaired) electrons. The highest BCUT2D eigenvalue weighted by molar-refractivity contribution is 5.98. The Labute approximate surface area is 106 Å². The fraction of sp³-hybridized carbons (Fsp3) is 0.462. The van der Waals surface area contributed by atoms with Crippen LogP contribution in [0.5, 0.6) is 0 Å². The predicted octanol–water partition coefficient (Wildman–Crippen LogP) is 1.35. The number of benzene rings is 1. The van der Waals surface area contributed by atoms with E-state index in [0.717, 1.165) is 18.6 Å². The highest BCUT2D eigenvalue weighted by atomic mass is 16.5. The van der Waals surface area contributed by atoms with Gasteiger partial charge in [-0.3, -0.25) is 0 Å².